The Hall–Kier alpha value is -1.61. The van der Waals surface area contributed by atoms with Crippen molar-refractivity contribution in [2.24, 2.45) is 0 Å². The van der Waals surface area contributed by atoms with Crippen LogP contribution in [0.3, 0.4) is 0 Å². The summed E-state index contributed by atoms with van der Waals surface area (Å²) in [4.78, 5) is 13.7. The van der Waals surface area contributed by atoms with E-state index in [9.17, 15) is 22.4 Å². The van der Waals surface area contributed by atoms with Gasteiger partial charge in [-0.2, -0.15) is 24.9 Å². The van der Waals surface area contributed by atoms with Crippen LogP contribution in [0.2, 0.25) is 0 Å². The molecule has 1 amide bonds. The topological polar surface area (TPSA) is 33.5 Å². The molecule has 9 heteroatoms. The molecule has 1 fully saturated rings. The standard InChI is InChI=1S/C17H15F4NO2S2/c18-14-8-11(3-4-13(14)17(19,20)21)16-22(15(23)10-26-16)5-7-25-9-12-2-1-6-24-12/h1-4,6,8,16H,5,7,9-10H2. The lowest BCUT2D eigenvalue weighted by molar-refractivity contribution is -0.140. The van der Waals surface area contributed by atoms with E-state index < -0.39 is 22.9 Å². The summed E-state index contributed by atoms with van der Waals surface area (Å²) in [7, 11) is 0. The fourth-order valence-corrected chi connectivity index (χ4v) is 4.66. The van der Waals surface area contributed by atoms with Crippen molar-refractivity contribution in [3.8, 4) is 0 Å². The van der Waals surface area contributed by atoms with Gasteiger partial charge >= 0.3 is 6.18 Å². The number of amides is 1. The zero-order chi connectivity index (χ0) is 18.7. The third kappa shape index (κ3) is 4.37. The molecule has 3 rings (SSSR count). The van der Waals surface area contributed by atoms with Crippen molar-refractivity contribution in [2.75, 3.05) is 18.1 Å². The molecule has 1 aromatic carbocycles. The van der Waals surface area contributed by atoms with Crippen molar-refractivity contribution >= 4 is 29.4 Å². The van der Waals surface area contributed by atoms with E-state index in [0.717, 1.165) is 17.9 Å². The molecule has 2 heterocycles. The van der Waals surface area contributed by atoms with Crippen LogP contribution < -0.4 is 0 Å². The van der Waals surface area contributed by atoms with Crippen molar-refractivity contribution in [3.63, 3.8) is 0 Å². The third-order valence-corrected chi connectivity index (χ3v) is 6.07. The lowest BCUT2D eigenvalue weighted by Crippen LogP contribution is -2.30. The number of furan rings is 1. The minimum Gasteiger partial charge on any atom is -0.468 e. The van der Waals surface area contributed by atoms with Crippen molar-refractivity contribution in [2.45, 2.75) is 17.3 Å². The zero-order valence-electron chi connectivity index (χ0n) is 13.5. The van der Waals surface area contributed by atoms with Gasteiger partial charge in [0.2, 0.25) is 5.91 Å². The van der Waals surface area contributed by atoms with Crippen molar-refractivity contribution < 1.29 is 26.8 Å². The van der Waals surface area contributed by atoms with Gasteiger partial charge in [-0.1, -0.05) is 6.07 Å². The van der Waals surface area contributed by atoms with Gasteiger partial charge in [0, 0.05) is 12.3 Å². The van der Waals surface area contributed by atoms with Crippen LogP contribution in [0.25, 0.3) is 0 Å². The second-order valence-electron chi connectivity index (χ2n) is 5.62. The summed E-state index contributed by atoms with van der Waals surface area (Å²) in [5.41, 5.74) is -0.932. The first kappa shape index (κ1) is 19.2. The molecule has 140 valence electrons. The maximum atomic E-state index is 13.8. The maximum absolute atomic E-state index is 13.8. The van der Waals surface area contributed by atoms with Crippen LogP contribution in [-0.4, -0.2) is 28.9 Å². The molecule has 3 nitrogen and oxygen atoms in total. The summed E-state index contributed by atoms with van der Waals surface area (Å²) in [6.45, 7) is 0.435. The fraction of sp³-hybridized carbons (Fsp3) is 0.353. The Labute approximate surface area is 156 Å². The van der Waals surface area contributed by atoms with Gasteiger partial charge in [-0.05, 0) is 29.8 Å². The van der Waals surface area contributed by atoms with E-state index in [1.54, 1.807) is 29.0 Å². The maximum Gasteiger partial charge on any atom is 0.419 e. The summed E-state index contributed by atoms with van der Waals surface area (Å²) in [5, 5.41) is -0.469. The van der Waals surface area contributed by atoms with Crippen molar-refractivity contribution in [3.05, 3.63) is 59.3 Å². The lowest BCUT2D eigenvalue weighted by atomic mass is 10.1. The Bertz CT molecular complexity index is 765. The van der Waals surface area contributed by atoms with Gasteiger partial charge in [0.05, 0.1) is 23.3 Å². The van der Waals surface area contributed by atoms with Gasteiger partial charge in [-0.25, -0.2) is 4.39 Å². The van der Waals surface area contributed by atoms with E-state index in [1.807, 2.05) is 6.07 Å². The normalized spacial score (nSPS) is 17.9. The highest BCUT2D eigenvalue weighted by Crippen LogP contribution is 2.40. The predicted molar refractivity (Wildman–Crippen MR) is 93.2 cm³/mol. The largest absolute Gasteiger partial charge is 0.468 e. The Balaban J connectivity index is 1.64. The first-order valence-electron chi connectivity index (χ1n) is 7.74. The Morgan fingerprint density at radius 3 is 2.77 bits per heavy atom. The number of alkyl halides is 3. The number of nitrogens with zero attached hydrogens (tertiary/aromatic N) is 1. The number of hydrogen-bond acceptors (Lipinski definition) is 4. The van der Waals surface area contributed by atoms with E-state index >= 15 is 0 Å². The average Bonchev–Trinajstić information content (AvgIpc) is 3.20. The number of rotatable bonds is 6. The highest BCUT2D eigenvalue weighted by molar-refractivity contribution is 8.00. The molecule has 26 heavy (non-hydrogen) atoms. The van der Waals surface area contributed by atoms with Gasteiger partial charge in [-0.15, -0.1) is 11.8 Å². The summed E-state index contributed by atoms with van der Waals surface area (Å²) in [5.74, 6) is 0.962. The van der Waals surface area contributed by atoms with Gasteiger partial charge < -0.3 is 9.32 Å². The Morgan fingerprint density at radius 1 is 1.31 bits per heavy atom. The number of halogens is 4. The van der Waals surface area contributed by atoms with Gasteiger partial charge in [0.15, 0.2) is 0 Å². The molecule has 1 aliphatic rings. The van der Waals surface area contributed by atoms with Gasteiger partial charge in [0.1, 0.15) is 17.0 Å². The van der Waals surface area contributed by atoms with E-state index in [4.69, 9.17) is 4.42 Å². The molecule has 0 aliphatic carbocycles. The summed E-state index contributed by atoms with van der Waals surface area (Å²) in [6, 6.07) is 6.51. The van der Waals surface area contributed by atoms with Crippen LogP contribution in [0.15, 0.2) is 41.0 Å². The minimum absolute atomic E-state index is 0.0982. The molecule has 2 aromatic rings. The molecule has 1 aromatic heterocycles. The number of carbonyl (C=O) groups is 1. The van der Waals surface area contributed by atoms with Crippen LogP contribution in [0, 0.1) is 5.82 Å². The molecular weight excluding hydrogens is 390 g/mol. The predicted octanol–water partition coefficient (Wildman–Crippen LogP) is 4.94. The minimum atomic E-state index is -4.73. The molecule has 1 unspecified atom stereocenters. The summed E-state index contributed by atoms with van der Waals surface area (Å²) < 4.78 is 57.2. The highest BCUT2D eigenvalue weighted by atomic mass is 32.2. The van der Waals surface area contributed by atoms with Gasteiger partial charge in [0.25, 0.3) is 0 Å². The molecule has 0 bridgehead atoms. The van der Waals surface area contributed by atoms with E-state index in [2.05, 4.69) is 0 Å². The van der Waals surface area contributed by atoms with Gasteiger partial charge in [-0.3, -0.25) is 4.79 Å². The van der Waals surface area contributed by atoms with Crippen molar-refractivity contribution in [1.82, 2.24) is 4.90 Å². The highest BCUT2D eigenvalue weighted by Gasteiger charge is 2.36. The summed E-state index contributed by atoms with van der Waals surface area (Å²) in [6.07, 6.45) is -3.14. The molecule has 0 radical (unpaired) electrons. The first-order chi connectivity index (χ1) is 12.4. The van der Waals surface area contributed by atoms with E-state index in [1.165, 1.54) is 17.8 Å². The quantitative estimate of drug-likeness (QED) is 0.503. The van der Waals surface area contributed by atoms with Crippen LogP contribution in [0.1, 0.15) is 22.3 Å². The smallest absolute Gasteiger partial charge is 0.419 e. The van der Waals surface area contributed by atoms with E-state index in [-0.39, 0.29) is 11.7 Å². The Morgan fingerprint density at radius 2 is 2.12 bits per heavy atom. The second kappa shape index (κ2) is 7.96. The molecule has 0 saturated carbocycles. The zero-order valence-corrected chi connectivity index (χ0v) is 15.1. The number of thioether (sulfide) groups is 2. The fourth-order valence-electron chi connectivity index (χ4n) is 2.62. The first-order valence-corrected chi connectivity index (χ1v) is 9.94. The van der Waals surface area contributed by atoms with Crippen LogP contribution in [-0.2, 0) is 16.7 Å². The lowest BCUT2D eigenvalue weighted by Gasteiger charge is -2.24. The summed E-state index contributed by atoms with van der Waals surface area (Å²) >= 11 is 2.88. The molecule has 1 atom stereocenters. The number of benzene rings is 1. The SMILES string of the molecule is O=C1CSC(c2ccc(C(F)(F)F)c(F)c2)N1CCSCc1ccco1. The monoisotopic (exact) mass is 405 g/mol. The molecule has 0 N–H and O–H groups in total. The van der Waals surface area contributed by atoms with E-state index in [0.29, 0.717) is 23.6 Å². The molecular formula is C17H15F4NO2S2. The third-order valence-electron chi connectivity index (χ3n) is 3.85. The second-order valence-corrected chi connectivity index (χ2v) is 7.79. The number of carbonyl (C=O) groups excluding carboxylic acids is 1. The number of hydrogen-bond donors (Lipinski definition) is 0. The molecule has 0 spiro atoms. The average molecular weight is 405 g/mol. The van der Waals surface area contributed by atoms with Crippen molar-refractivity contribution in [1.29, 1.82) is 0 Å². The van der Waals surface area contributed by atoms with Crippen LogP contribution >= 0.6 is 23.5 Å². The van der Waals surface area contributed by atoms with Crippen LogP contribution in [0.4, 0.5) is 17.6 Å². The molecule has 1 saturated heterocycles. The molecule has 1 aliphatic heterocycles. The Kier molecular flexibility index (Phi) is 5.86. The van der Waals surface area contributed by atoms with Crippen LogP contribution in [0.5, 0.6) is 0 Å².